The van der Waals surface area contributed by atoms with E-state index in [-0.39, 0.29) is 5.37 Å². The Bertz CT molecular complexity index is 665. The first-order chi connectivity index (χ1) is 10.3. The van der Waals surface area contributed by atoms with Crippen molar-refractivity contribution in [2.75, 3.05) is 13.7 Å². The van der Waals surface area contributed by atoms with Gasteiger partial charge in [0.15, 0.2) is 0 Å². The summed E-state index contributed by atoms with van der Waals surface area (Å²) in [6.45, 7) is 2.77. The van der Waals surface area contributed by atoms with Crippen molar-refractivity contribution in [3.05, 3.63) is 41.4 Å². The lowest BCUT2D eigenvalue weighted by atomic mass is 10.1. The Morgan fingerprint density at radius 2 is 2.24 bits per heavy atom. The van der Waals surface area contributed by atoms with Gasteiger partial charge in [0.1, 0.15) is 11.1 Å². The molecule has 1 aromatic heterocycles. The molecule has 110 valence electrons. The Morgan fingerprint density at radius 3 is 2.95 bits per heavy atom. The largest absolute Gasteiger partial charge is 0.497 e. The molecule has 2 aromatic rings. The molecule has 21 heavy (non-hydrogen) atoms. The topological polar surface area (TPSA) is 43.4 Å². The highest BCUT2D eigenvalue weighted by atomic mass is 32.2. The van der Waals surface area contributed by atoms with Gasteiger partial charge < -0.3 is 14.8 Å². The van der Waals surface area contributed by atoms with Crippen LogP contribution in [0.25, 0.3) is 10.9 Å². The molecule has 3 rings (SSSR count). The van der Waals surface area contributed by atoms with Gasteiger partial charge in [-0.2, -0.15) is 0 Å². The molecule has 1 aromatic carbocycles. The van der Waals surface area contributed by atoms with Crippen LogP contribution in [-0.2, 0) is 0 Å². The molecule has 0 amide bonds. The van der Waals surface area contributed by atoms with Crippen LogP contribution >= 0.6 is 11.8 Å². The van der Waals surface area contributed by atoms with Crippen molar-refractivity contribution in [3.63, 3.8) is 0 Å². The van der Waals surface area contributed by atoms with E-state index < -0.39 is 0 Å². The number of hydrogen-bond donors (Lipinski definition) is 1. The van der Waals surface area contributed by atoms with Gasteiger partial charge in [0.05, 0.1) is 19.2 Å². The van der Waals surface area contributed by atoms with E-state index in [2.05, 4.69) is 23.3 Å². The fraction of sp³-hybridized carbons (Fsp3) is 0.312. The Hall–Kier alpha value is -1.88. The number of benzene rings is 1. The first-order valence-electron chi connectivity index (χ1n) is 7.00. The van der Waals surface area contributed by atoms with E-state index in [4.69, 9.17) is 9.47 Å². The minimum absolute atomic E-state index is 0.153. The summed E-state index contributed by atoms with van der Waals surface area (Å²) in [5.74, 6) is 1.55. The zero-order valence-corrected chi connectivity index (χ0v) is 12.9. The number of hydrogen-bond acceptors (Lipinski definition) is 5. The van der Waals surface area contributed by atoms with Crippen LogP contribution in [0.4, 0.5) is 0 Å². The molecular formula is C16H18N2O2S. The van der Waals surface area contributed by atoms with Crippen molar-refractivity contribution in [1.29, 1.82) is 0 Å². The quantitative estimate of drug-likeness (QED) is 0.909. The van der Waals surface area contributed by atoms with Crippen LogP contribution in [0.2, 0.25) is 0 Å². The van der Waals surface area contributed by atoms with Gasteiger partial charge in [-0.25, -0.2) is 4.98 Å². The molecule has 1 atom stereocenters. The average Bonchev–Trinajstić information content (AvgIpc) is 3.05. The number of fused-ring (bicyclic) bond motifs is 1. The molecule has 0 spiro atoms. The minimum atomic E-state index is 0.153. The Kier molecular flexibility index (Phi) is 4.20. The Balaban J connectivity index is 2.05. The van der Waals surface area contributed by atoms with Crippen LogP contribution in [0.1, 0.15) is 24.3 Å². The lowest BCUT2D eigenvalue weighted by molar-refractivity contribution is 0.302. The Morgan fingerprint density at radius 1 is 1.33 bits per heavy atom. The van der Waals surface area contributed by atoms with Crippen molar-refractivity contribution in [1.82, 2.24) is 10.3 Å². The highest BCUT2D eigenvalue weighted by Gasteiger charge is 2.20. The first kappa shape index (κ1) is 14.1. The number of methoxy groups -OCH3 is 1. The zero-order valence-electron chi connectivity index (χ0n) is 12.1. The van der Waals surface area contributed by atoms with Crippen molar-refractivity contribution in [2.24, 2.45) is 0 Å². The number of nitrogens with zero attached hydrogens (tertiary/aromatic N) is 1. The van der Waals surface area contributed by atoms with E-state index in [0.29, 0.717) is 12.5 Å². The van der Waals surface area contributed by atoms with Crippen LogP contribution in [0.5, 0.6) is 11.6 Å². The molecule has 1 aliphatic heterocycles. The minimum Gasteiger partial charge on any atom is -0.497 e. The third-order valence-electron chi connectivity index (χ3n) is 3.27. The second kappa shape index (κ2) is 6.26. The molecule has 0 aliphatic carbocycles. The fourth-order valence-electron chi connectivity index (χ4n) is 2.23. The van der Waals surface area contributed by atoms with Crippen molar-refractivity contribution < 1.29 is 9.47 Å². The standard InChI is InChI=1S/C16H18N2O2S/c1-3-7-20-15-13(16-17-6-8-21-16)10-11-9-12(19-2)4-5-14(11)18-15/h4-6,8-10,16-17H,3,7H2,1-2H3. The van der Waals surface area contributed by atoms with Gasteiger partial charge >= 0.3 is 0 Å². The molecule has 1 unspecified atom stereocenters. The molecule has 0 saturated carbocycles. The molecule has 0 fully saturated rings. The van der Waals surface area contributed by atoms with Crippen LogP contribution in [0, 0.1) is 0 Å². The Labute approximate surface area is 128 Å². The van der Waals surface area contributed by atoms with E-state index in [9.17, 15) is 0 Å². The van der Waals surface area contributed by atoms with Crippen LogP contribution < -0.4 is 14.8 Å². The molecule has 2 heterocycles. The highest BCUT2D eigenvalue weighted by Crippen LogP contribution is 2.37. The number of aromatic nitrogens is 1. The number of rotatable bonds is 5. The SMILES string of the molecule is CCCOc1nc2ccc(OC)cc2cc1C1NC=CS1. The summed E-state index contributed by atoms with van der Waals surface area (Å²) in [6, 6.07) is 8.02. The smallest absolute Gasteiger partial charge is 0.220 e. The summed E-state index contributed by atoms with van der Waals surface area (Å²) in [5.41, 5.74) is 1.99. The van der Waals surface area contributed by atoms with Gasteiger partial charge in [0.2, 0.25) is 5.88 Å². The third kappa shape index (κ3) is 2.93. The number of thioether (sulfide) groups is 1. The number of pyridine rings is 1. The normalized spacial score (nSPS) is 17.0. The van der Waals surface area contributed by atoms with E-state index in [0.717, 1.165) is 28.6 Å². The zero-order chi connectivity index (χ0) is 14.7. The number of ether oxygens (including phenoxy) is 2. The van der Waals surface area contributed by atoms with Crippen molar-refractivity contribution in [3.8, 4) is 11.6 Å². The lowest BCUT2D eigenvalue weighted by Crippen LogP contribution is -2.11. The summed E-state index contributed by atoms with van der Waals surface area (Å²) in [6.07, 6.45) is 2.92. The number of nitrogens with one attached hydrogen (secondary N) is 1. The maximum atomic E-state index is 5.84. The molecule has 1 N–H and O–H groups in total. The van der Waals surface area contributed by atoms with Crippen LogP contribution in [0.3, 0.4) is 0 Å². The van der Waals surface area contributed by atoms with Gasteiger partial charge in [0, 0.05) is 17.1 Å². The summed E-state index contributed by atoms with van der Waals surface area (Å²) >= 11 is 1.72. The highest BCUT2D eigenvalue weighted by molar-refractivity contribution is 8.02. The molecule has 4 nitrogen and oxygen atoms in total. The predicted molar refractivity (Wildman–Crippen MR) is 86.7 cm³/mol. The second-order valence-corrected chi connectivity index (χ2v) is 5.79. The van der Waals surface area contributed by atoms with Gasteiger partial charge in [-0.1, -0.05) is 6.92 Å². The van der Waals surface area contributed by atoms with E-state index in [1.807, 2.05) is 29.8 Å². The first-order valence-corrected chi connectivity index (χ1v) is 7.94. The summed E-state index contributed by atoms with van der Waals surface area (Å²) in [4.78, 5) is 4.67. The molecule has 0 saturated heterocycles. The molecule has 0 radical (unpaired) electrons. The average molecular weight is 302 g/mol. The summed E-state index contributed by atoms with van der Waals surface area (Å²) in [7, 11) is 1.67. The van der Waals surface area contributed by atoms with Gasteiger partial charge in [-0.05, 0) is 36.1 Å². The van der Waals surface area contributed by atoms with Gasteiger partial charge in [0.25, 0.3) is 0 Å². The second-order valence-electron chi connectivity index (χ2n) is 4.78. The lowest BCUT2D eigenvalue weighted by Gasteiger charge is -2.16. The molecule has 5 heteroatoms. The monoisotopic (exact) mass is 302 g/mol. The van der Waals surface area contributed by atoms with Crippen molar-refractivity contribution >= 4 is 22.7 Å². The third-order valence-corrected chi connectivity index (χ3v) is 4.23. The summed E-state index contributed by atoms with van der Waals surface area (Å²) in [5, 5.41) is 6.57. The summed E-state index contributed by atoms with van der Waals surface area (Å²) < 4.78 is 11.1. The van der Waals surface area contributed by atoms with E-state index >= 15 is 0 Å². The fourth-order valence-corrected chi connectivity index (χ4v) is 3.02. The van der Waals surface area contributed by atoms with E-state index in [1.165, 1.54) is 0 Å². The van der Waals surface area contributed by atoms with Crippen molar-refractivity contribution in [2.45, 2.75) is 18.7 Å². The molecular weight excluding hydrogens is 284 g/mol. The van der Waals surface area contributed by atoms with Crippen LogP contribution in [-0.4, -0.2) is 18.7 Å². The molecule has 0 bridgehead atoms. The maximum absolute atomic E-state index is 5.84. The molecule has 1 aliphatic rings. The van der Waals surface area contributed by atoms with Gasteiger partial charge in [-0.15, -0.1) is 11.8 Å². The maximum Gasteiger partial charge on any atom is 0.220 e. The van der Waals surface area contributed by atoms with E-state index in [1.54, 1.807) is 18.9 Å². The van der Waals surface area contributed by atoms with Gasteiger partial charge in [-0.3, -0.25) is 0 Å². The predicted octanol–water partition coefficient (Wildman–Crippen LogP) is 3.84. The van der Waals surface area contributed by atoms with Crippen LogP contribution in [0.15, 0.2) is 35.9 Å².